The van der Waals surface area contributed by atoms with E-state index in [1.807, 2.05) is 6.07 Å². The number of fused-ring (bicyclic) bond motifs is 1. The summed E-state index contributed by atoms with van der Waals surface area (Å²) >= 11 is 1.14. The molecule has 0 spiro atoms. The molecule has 0 aliphatic heterocycles. The highest BCUT2D eigenvalue weighted by Crippen LogP contribution is 2.22. The lowest BCUT2D eigenvalue weighted by Gasteiger charge is -2.13. The van der Waals surface area contributed by atoms with Crippen molar-refractivity contribution in [2.24, 2.45) is 0 Å². The SMILES string of the molecule is CC(C)OC(=O)CSc1nc2ccccc2c(=O)n1-c1ccc(C#N)cc1. The molecule has 0 atom stereocenters. The van der Waals surface area contributed by atoms with Gasteiger partial charge in [-0.3, -0.25) is 14.2 Å². The van der Waals surface area contributed by atoms with Crippen molar-refractivity contribution in [3.8, 4) is 11.8 Å². The number of nitriles is 1. The van der Waals surface area contributed by atoms with Crippen LogP contribution in [0, 0.1) is 11.3 Å². The number of ether oxygens (including phenoxy) is 1. The Morgan fingerprint density at radius 1 is 1.22 bits per heavy atom. The van der Waals surface area contributed by atoms with Gasteiger partial charge in [0.1, 0.15) is 0 Å². The van der Waals surface area contributed by atoms with Crippen LogP contribution in [0.5, 0.6) is 0 Å². The van der Waals surface area contributed by atoms with Crippen molar-refractivity contribution in [1.29, 1.82) is 5.26 Å². The fourth-order valence-corrected chi connectivity index (χ4v) is 3.34. The number of para-hydroxylation sites is 1. The lowest BCUT2D eigenvalue weighted by molar-refractivity contribution is -0.144. The van der Waals surface area contributed by atoms with E-state index in [0.29, 0.717) is 27.3 Å². The lowest BCUT2D eigenvalue weighted by Crippen LogP contribution is -2.22. The minimum absolute atomic E-state index is 0.0409. The Kier molecular flexibility index (Phi) is 5.57. The summed E-state index contributed by atoms with van der Waals surface area (Å²) in [5, 5.41) is 9.86. The fourth-order valence-electron chi connectivity index (χ4n) is 2.54. The molecule has 0 fully saturated rings. The molecule has 1 heterocycles. The molecule has 0 aliphatic carbocycles. The van der Waals surface area contributed by atoms with Gasteiger partial charge < -0.3 is 4.74 Å². The lowest BCUT2D eigenvalue weighted by atomic mass is 10.2. The van der Waals surface area contributed by atoms with Gasteiger partial charge in [0.05, 0.1) is 40.1 Å². The zero-order valence-electron chi connectivity index (χ0n) is 14.9. The number of nitrogens with zero attached hydrogens (tertiary/aromatic N) is 3. The molecule has 1 aromatic heterocycles. The molecule has 3 aromatic rings. The van der Waals surface area contributed by atoms with E-state index in [1.165, 1.54) is 4.57 Å². The minimum atomic E-state index is -0.371. The summed E-state index contributed by atoms with van der Waals surface area (Å²) in [5.41, 5.74) is 1.41. The van der Waals surface area contributed by atoms with Gasteiger partial charge in [-0.15, -0.1) is 0 Å². The van der Waals surface area contributed by atoms with E-state index >= 15 is 0 Å². The van der Waals surface area contributed by atoms with Crippen LogP contribution in [0.25, 0.3) is 16.6 Å². The third-order valence-corrected chi connectivity index (χ3v) is 4.60. The van der Waals surface area contributed by atoms with Crippen LogP contribution in [-0.2, 0) is 9.53 Å². The van der Waals surface area contributed by atoms with Crippen LogP contribution in [0.4, 0.5) is 0 Å². The molecule has 0 saturated heterocycles. The molecule has 0 amide bonds. The zero-order chi connectivity index (χ0) is 19.4. The fraction of sp³-hybridized carbons (Fsp3) is 0.200. The summed E-state index contributed by atoms with van der Waals surface area (Å²) in [6, 6.07) is 15.8. The van der Waals surface area contributed by atoms with Crippen LogP contribution >= 0.6 is 11.8 Å². The van der Waals surface area contributed by atoms with Crippen LogP contribution in [0.1, 0.15) is 19.4 Å². The molecule has 136 valence electrons. The molecule has 3 rings (SSSR count). The highest BCUT2D eigenvalue weighted by atomic mass is 32.2. The third kappa shape index (κ3) is 4.18. The van der Waals surface area contributed by atoms with Gasteiger partial charge in [0, 0.05) is 0 Å². The van der Waals surface area contributed by atoms with Crippen molar-refractivity contribution in [2.45, 2.75) is 25.1 Å². The number of carbonyl (C=O) groups excluding carboxylic acids is 1. The van der Waals surface area contributed by atoms with E-state index in [9.17, 15) is 9.59 Å². The molecule has 0 aliphatic rings. The molecule has 0 unspecified atom stereocenters. The standard InChI is InChI=1S/C20H17N3O3S/c1-13(2)26-18(24)12-27-20-22-17-6-4-3-5-16(17)19(25)23(20)15-9-7-14(11-21)8-10-15/h3-10,13H,12H2,1-2H3. The van der Waals surface area contributed by atoms with Gasteiger partial charge in [-0.25, -0.2) is 4.98 Å². The number of thioether (sulfide) groups is 1. The normalized spacial score (nSPS) is 10.7. The topological polar surface area (TPSA) is 85.0 Å². The van der Waals surface area contributed by atoms with Gasteiger partial charge in [0.2, 0.25) is 0 Å². The summed E-state index contributed by atoms with van der Waals surface area (Å²) in [6.45, 7) is 3.56. The Labute approximate surface area is 160 Å². The number of hydrogen-bond acceptors (Lipinski definition) is 6. The van der Waals surface area contributed by atoms with Gasteiger partial charge >= 0.3 is 5.97 Å². The largest absolute Gasteiger partial charge is 0.462 e. The first-order valence-electron chi connectivity index (χ1n) is 8.34. The Bertz CT molecular complexity index is 1080. The quantitative estimate of drug-likeness (QED) is 0.384. The molecule has 7 heteroatoms. The van der Waals surface area contributed by atoms with Gasteiger partial charge in [0.15, 0.2) is 5.16 Å². The monoisotopic (exact) mass is 379 g/mol. The maximum atomic E-state index is 13.1. The molecule has 6 nitrogen and oxygen atoms in total. The van der Waals surface area contributed by atoms with E-state index in [0.717, 1.165) is 11.8 Å². The minimum Gasteiger partial charge on any atom is -0.462 e. The number of benzene rings is 2. The molecule has 2 aromatic carbocycles. The third-order valence-electron chi connectivity index (χ3n) is 3.69. The first kappa shape index (κ1) is 18.7. The van der Waals surface area contributed by atoms with Crippen LogP contribution in [-0.4, -0.2) is 27.4 Å². The van der Waals surface area contributed by atoms with Crippen LogP contribution in [0.15, 0.2) is 58.5 Å². The van der Waals surface area contributed by atoms with Crippen molar-refractivity contribution in [1.82, 2.24) is 9.55 Å². The summed E-state index contributed by atoms with van der Waals surface area (Å²) in [5.74, 6) is -0.331. The molecular weight excluding hydrogens is 362 g/mol. The summed E-state index contributed by atoms with van der Waals surface area (Å²) < 4.78 is 6.61. The van der Waals surface area contributed by atoms with Crippen molar-refractivity contribution < 1.29 is 9.53 Å². The first-order valence-corrected chi connectivity index (χ1v) is 9.33. The molecule has 0 bridgehead atoms. The van der Waals surface area contributed by atoms with Crippen LogP contribution in [0.2, 0.25) is 0 Å². The predicted molar refractivity (Wildman–Crippen MR) is 104 cm³/mol. The number of carbonyl (C=O) groups is 1. The Balaban J connectivity index is 2.08. The Morgan fingerprint density at radius 2 is 1.93 bits per heavy atom. The average molecular weight is 379 g/mol. The number of rotatable bonds is 5. The smallest absolute Gasteiger partial charge is 0.316 e. The maximum absolute atomic E-state index is 13.1. The summed E-state index contributed by atoms with van der Waals surface area (Å²) in [4.78, 5) is 29.5. The van der Waals surface area contributed by atoms with Crippen molar-refractivity contribution in [3.05, 3.63) is 64.4 Å². The van der Waals surface area contributed by atoms with Gasteiger partial charge in [-0.1, -0.05) is 23.9 Å². The second kappa shape index (κ2) is 8.06. The molecule has 0 N–H and O–H groups in total. The van der Waals surface area contributed by atoms with Gasteiger partial charge in [0.25, 0.3) is 5.56 Å². The molecule has 0 radical (unpaired) electrons. The Hall–Kier alpha value is -3.11. The van der Waals surface area contributed by atoms with Crippen LogP contribution < -0.4 is 5.56 Å². The van der Waals surface area contributed by atoms with E-state index < -0.39 is 0 Å². The summed E-state index contributed by atoms with van der Waals surface area (Å²) in [6.07, 6.45) is -0.205. The number of esters is 1. The predicted octanol–water partition coefficient (Wildman–Crippen LogP) is 3.30. The number of aromatic nitrogens is 2. The van der Waals surface area contributed by atoms with Crippen LogP contribution in [0.3, 0.4) is 0 Å². The number of hydrogen-bond donors (Lipinski definition) is 0. The second-order valence-electron chi connectivity index (χ2n) is 6.04. The second-order valence-corrected chi connectivity index (χ2v) is 6.98. The highest BCUT2D eigenvalue weighted by Gasteiger charge is 2.15. The first-order chi connectivity index (χ1) is 13.0. The maximum Gasteiger partial charge on any atom is 0.316 e. The van der Waals surface area contributed by atoms with E-state index in [1.54, 1.807) is 56.3 Å². The zero-order valence-corrected chi connectivity index (χ0v) is 15.7. The van der Waals surface area contributed by atoms with E-state index in [4.69, 9.17) is 10.00 Å². The molecule has 0 saturated carbocycles. The highest BCUT2D eigenvalue weighted by molar-refractivity contribution is 7.99. The summed E-state index contributed by atoms with van der Waals surface area (Å²) in [7, 11) is 0. The van der Waals surface area contributed by atoms with Crippen molar-refractivity contribution in [3.63, 3.8) is 0 Å². The van der Waals surface area contributed by atoms with E-state index in [-0.39, 0.29) is 23.4 Å². The average Bonchev–Trinajstić information content (AvgIpc) is 2.66. The Morgan fingerprint density at radius 3 is 2.59 bits per heavy atom. The van der Waals surface area contributed by atoms with Gasteiger partial charge in [-0.05, 0) is 50.2 Å². The van der Waals surface area contributed by atoms with E-state index in [2.05, 4.69) is 11.1 Å². The molecular formula is C20H17N3O3S. The molecule has 27 heavy (non-hydrogen) atoms. The van der Waals surface area contributed by atoms with Gasteiger partial charge in [-0.2, -0.15) is 5.26 Å². The van der Waals surface area contributed by atoms with Crippen molar-refractivity contribution in [2.75, 3.05) is 5.75 Å². The van der Waals surface area contributed by atoms with Crippen molar-refractivity contribution >= 4 is 28.6 Å².